The Labute approximate surface area is 295 Å². The van der Waals surface area contributed by atoms with Gasteiger partial charge in [-0.05, 0) is 31.3 Å². The fraction of sp³-hybridized carbons (Fsp3) is 0.838. The molecule has 3 saturated heterocycles. The molecule has 280 valence electrons. The van der Waals surface area contributed by atoms with Gasteiger partial charge in [0, 0.05) is 35.5 Å². The molecule has 14 nitrogen and oxygen atoms in total. The number of esters is 4. The predicted molar refractivity (Wildman–Crippen MR) is 168 cm³/mol. The summed E-state index contributed by atoms with van der Waals surface area (Å²) in [7, 11) is 1.31. The van der Waals surface area contributed by atoms with Crippen molar-refractivity contribution >= 4 is 23.9 Å². The topological polar surface area (TPSA) is 183 Å². The number of rotatable bonds is 6. The van der Waals surface area contributed by atoms with Crippen molar-refractivity contribution in [3.8, 4) is 0 Å². The molecule has 8 fully saturated rings. The van der Waals surface area contributed by atoms with Crippen LogP contribution < -0.4 is 0 Å². The van der Waals surface area contributed by atoms with Crippen LogP contribution in [0.2, 0.25) is 0 Å². The first-order valence-electron chi connectivity index (χ1n) is 18.2. The molecular weight excluding hydrogens is 668 g/mol. The second-order valence-electron chi connectivity index (χ2n) is 18.2. The molecule has 16 atom stereocenters. The molecule has 0 aromatic carbocycles. The molecule has 4 spiro atoms. The second kappa shape index (κ2) is 9.29. The van der Waals surface area contributed by atoms with E-state index in [9.17, 15) is 29.4 Å². The van der Waals surface area contributed by atoms with E-state index in [1.54, 1.807) is 40.7 Å². The number of hydrogen-bond acceptors (Lipinski definition) is 14. The molecule has 14 heteroatoms. The Bertz CT molecular complexity index is 1710. The van der Waals surface area contributed by atoms with Gasteiger partial charge in [-0.15, -0.1) is 0 Å². The Morgan fingerprint density at radius 3 is 2.24 bits per heavy atom. The van der Waals surface area contributed by atoms with Gasteiger partial charge in [-0.25, -0.2) is 0 Å². The van der Waals surface area contributed by atoms with E-state index in [2.05, 4.69) is 0 Å². The van der Waals surface area contributed by atoms with Crippen molar-refractivity contribution < 1.29 is 67.3 Å². The van der Waals surface area contributed by atoms with E-state index in [1.165, 1.54) is 13.4 Å². The number of hydrogen-bond donors (Lipinski definition) is 2. The third-order valence-electron chi connectivity index (χ3n) is 15.5. The SMILES string of the molecule is COC(=O)CC1C2(C)CC34OC5(C)OC67C8C(C(=O)OC6C3(O)C2O)C2(C=COC2OC(=O)C(C)C)C(OC(=O)C(C)C)C8(C)CCC7(O5)C14C. The van der Waals surface area contributed by atoms with Crippen molar-refractivity contribution in [1.82, 2.24) is 0 Å². The quantitative estimate of drug-likeness (QED) is 0.302. The van der Waals surface area contributed by atoms with E-state index in [1.807, 2.05) is 20.8 Å². The van der Waals surface area contributed by atoms with Gasteiger partial charge in [-0.1, -0.05) is 48.5 Å². The monoisotopic (exact) mass is 716 g/mol. The first-order chi connectivity index (χ1) is 23.7. The van der Waals surface area contributed by atoms with Gasteiger partial charge in [0.05, 0.1) is 37.2 Å². The van der Waals surface area contributed by atoms with Crippen molar-refractivity contribution in [3.05, 3.63) is 12.3 Å². The average molecular weight is 717 g/mol. The Hall–Kier alpha value is -2.78. The number of carbonyl (C=O) groups excluding carboxylic acids is 4. The third kappa shape index (κ3) is 3.07. The molecule has 9 aliphatic rings. The summed E-state index contributed by atoms with van der Waals surface area (Å²) in [4.78, 5) is 55.0. The molecule has 0 aromatic rings. The Morgan fingerprint density at radius 1 is 0.941 bits per heavy atom. The molecule has 0 amide bonds. The number of carbonyl (C=O) groups is 4. The summed E-state index contributed by atoms with van der Waals surface area (Å²) in [5.41, 5.74) is -11.8. The average Bonchev–Trinajstić information content (AvgIpc) is 3.73. The molecule has 4 bridgehead atoms. The van der Waals surface area contributed by atoms with E-state index in [0.717, 1.165) is 0 Å². The van der Waals surface area contributed by atoms with Gasteiger partial charge in [0.15, 0.2) is 11.7 Å². The van der Waals surface area contributed by atoms with Crippen molar-refractivity contribution in [1.29, 1.82) is 0 Å². The smallest absolute Gasteiger partial charge is 0.311 e. The van der Waals surface area contributed by atoms with Crippen molar-refractivity contribution in [2.75, 3.05) is 7.11 Å². The lowest BCUT2D eigenvalue weighted by Crippen LogP contribution is -2.94. The van der Waals surface area contributed by atoms with Gasteiger partial charge in [0.25, 0.3) is 12.3 Å². The van der Waals surface area contributed by atoms with Gasteiger partial charge < -0.3 is 48.1 Å². The number of fused-ring (bicyclic) bond motifs is 4. The molecule has 0 aromatic heterocycles. The number of aliphatic hydroxyl groups is 2. The number of aliphatic hydroxyl groups excluding tert-OH is 1. The first-order valence-corrected chi connectivity index (χ1v) is 18.2. The summed E-state index contributed by atoms with van der Waals surface area (Å²) in [6.07, 6.45) is -1.86. The maximum Gasteiger partial charge on any atom is 0.311 e. The standard InChI is InChI=1S/C37H48O14/c1-16(2)22(39)46-26-29(5)10-11-34-31(7)18(14-19(38)44-9)30(6)15-35(31)36(43,25(30)42)27-37(34,51-32(8,49-34)50-35)21(29)20(24(41)47-27)33(26)12-13-45-28(33)48-23(40)17(3)4/h12-13,16-18,20-21,25-28,42-43H,10-11,14-15H2,1-9H3. The largest absolute Gasteiger partial charge is 0.469 e. The zero-order valence-electron chi connectivity index (χ0n) is 30.5. The van der Waals surface area contributed by atoms with E-state index in [4.69, 9.17) is 37.9 Å². The van der Waals surface area contributed by atoms with Gasteiger partial charge in [-0.2, -0.15) is 0 Å². The highest BCUT2D eigenvalue weighted by Gasteiger charge is 3.05. The van der Waals surface area contributed by atoms with Gasteiger partial charge in [0.2, 0.25) is 0 Å². The van der Waals surface area contributed by atoms with Crippen LogP contribution in [-0.4, -0.2) is 94.2 Å². The van der Waals surface area contributed by atoms with Crippen LogP contribution in [0.25, 0.3) is 0 Å². The lowest BCUT2D eigenvalue weighted by Gasteiger charge is -2.77. The van der Waals surface area contributed by atoms with Gasteiger partial charge >= 0.3 is 23.9 Å². The molecule has 9 rings (SSSR count). The minimum Gasteiger partial charge on any atom is -0.469 e. The van der Waals surface area contributed by atoms with Crippen LogP contribution in [0.3, 0.4) is 0 Å². The molecule has 51 heavy (non-hydrogen) atoms. The maximum atomic E-state index is 15.0. The molecule has 5 aliphatic carbocycles. The summed E-state index contributed by atoms with van der Waals surface area (Å²) in [6.45, 7) is 14.1. The molecular formula is C37H48O14. The Kier molecular flexibility index (Phi) is 6.19. The van der Waals surface area contributed by atoms with E-state index in [-0.39, 0.29) is 19.3 Å². The number of ether oxygens (including phenoxy) is 8. The maximum absolute atomic E-state index is 15.0. The summed E-state index contributed by atoms with van der Waals surface area (Å²) in [5.74, 6) is -7.97. The van der Waals surface area contributed by atoms with E-state index < -0.39 is 128 Å². The zero-order valence-corrected chi connectivity index (χ0v) is 30.5. The summed E-state index contributed by atoms with van der Waals surface area (Å²) >= 11 is 0. The fourth-order valence-corrected chi connectivity index (χ4v) is 14.0. The fourth-order valence-electron chi connectivity index (χ4n) is 14.0. The Morgan fingerprint density at radius 2 is 1.59 bits per heavy atom. The highest BCUT2D eigenvalue weighted by atomic mass is 16.9. The molecule has 5 saturated carbocycles. The minimum absolute atomic E-state index is 0.0994. The van der Waals surface area contributed by atoms with E-state index >= 15 is 0 Å². The lowest BCUT2D eigenvalue weighted by atomic mass is 9.33. The van der Waals surface area contributed by atoms with Crippen LogP contribution in [0.4, 0.5) is 0 Å². The zero-order chi connectivity index (χ0) is 36.9. The van der Waals surface area contributed by atoms with Crippen LogP contribution in [-0.2, 0) is 57.1 Å². The van der Waals surface area contributed by atoms with E-state index in [0.29, 0.717) is 6.42 Å². The lowest BCUT2D eigenvalue weighted by molar-refractivity contribution is -0.479. The molecule has 2 N–H and O–H groups in total. The van der Waals surface area contributed by atoms with Crippen LogP contribution in [0.15, 0.2) is 12.3 Å². The van der Waals surface area contributed by atoms with Crippen molar-refractivity contribution in [2.45, 2.75) is 134 Å². The van der Waals surface area contributed by atoms with Crippen molar-refractivity contribution in [3.63, 3.8) is 0 Å². The molecule has 4 aliphatic heterocycles. The summed E-state index contributed by atoms with van der Waals surface area (Å²) in [5, 5.41) is 25.8. The van der Waals surface area contributed by atoms with Gasteiger partial charge in [-0.3, -0.25) is 19.2 Å². The normalized spacial score (nSPS) is 57.1. The molecule has 16 unspecified atom stereocenters. The minimum atomic E-state index is -2.21. The second-order valence-corrected chi connectivity index (χ2v) is 18.2. The highest BCUT2D eigenvalue weighted by Crippen LogP contribution is 2.91. The predicted octanol–water partition coefficient (Wildman–Crippen LogP) is 2.26. The third-order valence-corrected chi connectivity index (χ3v) is 15.5. The van der Waals surface area contributed by atoms with Crippen LogP contribution in [0.5, 0.6) is 0 Å². The first kappa shape index (κ1) is 34.0. The molecule has 0 radical (unpaired) electrons. The Balaban J connectivity index is 1.33. The van der Waals surface area contributed by atoms with Crippen LogP contribution >= 0.6 is 0 Å². The highest BCUT2D eigenvalue weighted by molar-refractivity contribution is 5.81. The summed E-state index contributed by atoms with van der Waals surface area (Å²) in [6, 6.07) is 0. The van der Waals surface area contributed by atoms with Crippen LogP contribution in [0, 0.1) is 51.2 Å². The van der Waals surface area contributed by atoms with Crippen molar-refractivity contribution in [2.24, 2.45) is 51.2 Å². The number of methoxy groups -OCH3 is 1. The summed E-state index contributed by atoms with van der Waals surface area (Å²) < 4.78 is 51.3. The van der Waals surface area contributed by atoms with Gasteiger partial charge in [0.1, 0.15) is 28.3 Å². The van der Waals surface area contributed by atoms with Crippen LogP contribution in [0.1, 0.15) is 81.1 Å². The molecule has 4 heterocycles.